The molecule has 180 valence electrons. The molecule has 1 unspecified atom stereocenters. The highest BCUT2D eigenvalue weighted by molar-refractivity contribution is 7.89. The zero-order valence-corrected chi connectivity index (χ0v) is 21.1. The number of sulfonamides is 1. The highest BCUT2D eigenvalue weighted by Gasteiger charge is 2.22. The van der Waals surface area contributed by atoms with Gasteiger partial charge in [-0.25, -0.2) is 17.5 Å². The van der Waals surface area contributed by atoms with Gasteiger partial charge in [0.2, 0.25) is 15.9 Å². The fourth-order valence-corrected chi connectivity index (χ4v) is 4.59. The van der Waals surface area contributed by atoms with E-state index in [0.717, 1.165) is 21.3 Å². The third-order valence-electron chi connectivity index (χ3n) is 5.55. The van der Waals surface area contributed by atoms with Gasteiger partial charge in [0.1, 0.15) is 0 Å². The van der Waals surface area contributed by atoms with E-state index in [9.17, 15) is 18.0 Å². The molecule has 0 fully saturated rings. The quantitative estimate of drug-likeness (QED) is 0.443. The maximum absolute atomic E-state index is 12.6. The Morgan fingerprint density at radius 2 is 1.73 bits per heavy atom. The fourth-order valence-electron chi connectivity index (χ4n) is 3.69. The summed E-state index contributed by atoms with van der Waals surface area (Å²) in [5.41, 5.74) is 3.58. The Hall–Kier alpha value is -2.91. The van der Waals surface area contributed by atoms with Crippen molar-refractivity contribution >= 4 is 28.0 Å². The number of hydrogen-bond acceptors (Lipinski definition) is 5. The van der Waals surface area contributed by atoms with Crippen LogP contribution in [0.3, 0.4) is 0 Å². The Kier molecular flexibility index (Phi) is 8.63. The zero-order valence-electron chi connectivity index (χ0n) is 20.3. The minimum absolute atomic E-state index is 0.187. The molecule has 0 spiro atoms. The summed E-state index contributed by atoms with van der Waals surface area (Å²) in [6.07, 6.45) is 3.03. The van der Waals surface area contributed by atoms with Crippen molar-refractivity contribution in [1.29, 1.82) is 0 Å². The van der Waals surface area contributed by atoms with Crippen LogP contribution in [0.15, 0.2) is 35.2 Å². The van der Waals surface area contributed by atoms with Gasteiger partial charge in [-0.2, -0.15) is 0 Å². The number of carbonyl (C=O) groups excluding carboxylic acids is 2. The highest BCUT2D eigenvalue weighted by Crippen LogP contribution is 2.25. The Labute approximate surface area is 196 Å². The van der Waals surface area contributed by atoms with Crippen molar-refractivity contribution in [2.45, 2.75) is 52.1 Å². The molecule has 1 N–H and O–H groups in total. The van der Waals surface area contributed by atoms with Gasteiger partial charge >= 0.3 is 5.97 Å². The maximum Gasteiger partial charge on any atom is 0.340 e. The molecule has 0 aliphatic carbocycles. The normalized spacial score (nSPS) is 12.8. The van der Waals surface area contributed by atoms with Crippen LogP contribution in [-0.4, -0.2) is 49.9 Å². The van der Waals surface area contributed by atoms with Gasteiger partial charge in [-0.05, 0) is 58.4 Å². The monoisotopic (exact) mass is 475 g/mol. The molecular weight excluding hydrogens is 442 g/mol. The molecule has 1 aromatic carbocycles. The number of aromatic nitrogens is 1. The minimum atomic E-state index is -3.51. The summed E-state index contributed by atoms with van der Waals surface area (Å²) < 4.78 is 32.8. The van der Waals surface area contributed by atoms with E-state index in [-0.39, 0.29) is 23.5 Å². The van der Waals surface area contributed by atoms with Crippen LogP contribution in [-0.2, 0) is 26.1 Å². The highest BCUT2D eigenvalue weighted by atomic mass is 32.2. The van der Waals surface area contributed by atoms with Crippen LogP contribution in [0.4, 0.5) is 0 Å². The lowest BCUT2D eigenvalue weighted by Crippen LogP contribution is -2.25. The number of esters is 1. The Balaban J connectivity index is 2.21. The predicted octanol–water partition coefficient (Wildman–Crippen LogP) is 3.44. The molecule has 0 aliphatic heterocycles. The van der Waals surface area contributed by atoms with Gasteiger partial charge in [0, 0.05) is 43.7 Å². The molecule has 8 nitrogen and oxygen atoms in total. The van der Waals surface area contributed by atoms with Crippen LogP contribution in [0.5, 0.6) is 0 Å². The average molecular weight is 476 g/mol. The molecule has 1 aromatic heterocycles. The Morgan fingerprint density at radius 3 is 2.24 bits per heavy atom. The van der Waals surface area contributed by atoms with Crippen molar-refractivity contribution in [3.05, 3.63) is 58.4 Å². The van der Waals surface area contributed by atoms with E-state index in [2.05, 4.69) is 5.32 Å². The molecule has 2 aromatic rings. The van der Waals surface area contributed by atoms with Crippen LogP contribution < -0.4 is 5.32 Å². The lowest BCUT2D eigenvalue weighted by molar-refractivity contribution is -0.117. The van der Waals surface area contributed by atoms with Gasteiger partial charge in [-0.1, -0.05) is 12.1 Å². The minimum Gasteiger partial charge on any atom is -0.462 e. The fraction of sp³-hybridized carbons (Fsp3) is 0.417. The molecule has 33 heavy (non-hydrogen) atoms. The summed E-state index contributed by atoms with van der Waals surface area (Å²) in [4.78, 5) is 25.3. The third kappa shape index (κ3) is 5.72. The van der Waals surface area contributed by atoms with E-state index in [1.807, 2.05) is 32.3 Å². The first-order valence-electron chi connectivity index (χ1n) is 10.8. The molecule has 1 atom stereocenters. The van der Waals surface area contributed by atoms with Gasteiger partial charge in [-0.3, -0.25) is 4.79 Å². The lowest BCUT2D eigenvalue weighted by Gasteiger charge is -2.15. The summed E-state index contributed by atoms with van der Waals surface area (Å²) in [5, 5.41) is 2.87. The number of rotatable bonds is 9. The van der Waals surface area contributed by atoms with E-state index in [0.29, 0.717) is 17.7 Å². The summed E-state index contributed by atoms with van der Waals surface area (Å²) in [7, 11) is -0.558. The lowest BCUT2D eigenvalue weighted by atomic mass is 10.1. The second-order valence-electron chi connectivity index (χ2n) is 7.84. The van der Waals surface area contributed by atoms with Crippen LogP contribution in [0.25, 0.3) is 6.08 Å². The van der Waals surface area contributed by atoms with Crippen LogP contribution in [0.2, 0.25) is 0 Å². The number of nitrogens with zero attached hydrogens (tertiary/aromatic N) is 2. The van der Waals surface area contributed by atoms with Gasteiger partial charge in [0.05, 0.1) is 23.1 Å². The number of carbonyl (C=O) groups is 2. The molecule has 2 rings (SSSR count). The van der Waals surface area contributed by atoms with Crippen molar-refractivity contribution in [1.82, 2.24) is 14.2 Å². The van der Waals surface area contributed by atoms with Gasteiger partial charge < -0.3 is 14.6 Å². The molecule has 9 heteroatoms. The van der Waals surface area contributed by atoms with Crippen molar-refractivity contribution in [3.8, 4) is 0 Å². The van der Waals surface area contributed by atoms with Crippen molar-refractivity contribution < 1.29 is 22.7 Å². The molecule has 1 heterocycles. The van der Waals surface area contributed by atoms with Crippen molar-refractivity contribution in [2.24, 2.45) is 0 Å². The average Bonchev–Trinajstić information content (AvgIpc) is 3.01. The molecule has 1 amide bonds. The Bertz CT molecular complexity index is 1150. The number of nitrogens with one attached hydrogen (secondary N) is 1. The maximum atomic E-state index is 12.6. The SMILES string of the molecule is CCOC(=O)c1c(C=CC(=O)NC(C)c2ccc(S(=O)(=O)N(C)C)cc2)c(C)n(CC)c1C. The number of ether oxygens (including phenoxy) is 1. The number of benzene rings is 1. The molecule has 0 aliphatic rings. The van der Waals surface area contributed by atoms with E-state index in [1.54, 1.807) is 25.1 Å². The van der Waals surface area contributed by atoms with E-state index >= 15 is 0 Å². The molecule has 0 saturated heterocycles. The largest absolute Gasteiger partial charge is 0.462 e. The first-order chi connectivity index (χ1) is 15.4. The predicted molar refractivity (Wildman–Crippen MR) is 128 cm³/mol. The summed E-state index contributed by atoms with van der Waals surface area (Å²) in [6.45, 7) is 10.3. The summed E-state index contributed by atoms with van der Waals surface area (Å²) in [5.74, 6) is -0.741. The summed E-state index contributed by atoms with van der Waals surface area (Å²) >= 11 is 0. The van der Waals surface area contributed by atoms with Crippen LogP contribution in [0, 0.1) is 13.8 Å². The van der Waals surface area contributed by atoms with E-state index in [4.69, 9.17) is 4.74 Å². The first kappa shape index (κ1) is 26.3. The molecule has 0 radical (unpaired) electrons. The molecule has 0 bridgehead atoms. The standard InChI is InChI=1S/C24H33N3O5S/c1-8-27-17(4)21(23(18(27)5)24(29)32-9-2)14-15-22(28)25-16(3)19-10-12-20(13-11-19)33(30,31)26(6)7/h10-16H,8-9H2,1-7H3,(H,25,28). The second kappa shape index (κ2) is 10.8. The van der Waals surface area contributed by atoms with Crippen molar-refractivity contribution in [3.63, 3.8) is 0 Å². The van der Waals surface area contributed by atoms with Crippen LogP contribution >= 0.6 is 0 Å². The summed E-state index contributed by atoms with van der Waals surface area (Å²) in [6, 6.07) is 6.06. The van der Waals surface area contributed by atoms with Gasteiger partial charge in [0.15, 0.2) is 0 Å². The number of hydrogen-bond donors (Lipinski definition) is 1. The second-order valence-corrected chi connectivity index (χ2v) is 10.00. The number of amides is 1. The van der Waals surface area contributed by atoms with E-state index < -0.39 is 16.0 Å². The van der Waals surface area contributed by atoms with Crippen LogP contribution in [0.1, 0.15) is 59.7 Å². The smallest absolute Gasteiger partial charge is 0.340 e. The van der Waals surface area contributed by atoms with Gasteiger partial charge in [0.25, 0.3) is 0 Å². The van der Waals surface area contributed by atoms with Crippen molar-refractivity contribution in [2.75, 3.05) is 20.7 Å². The topological polar surface area (TPSA) is 97.7 Å². The van der Waals surface area contributed by atoms with E-state index in [1.165, 1.54) is 32.3 Å². The first-order valence-corrected chi connectivity index (χ1v) is 12.3. The zero-order chi connectivity index (χ0) is 24.9. The molecular formula is C24H33N3O5S. The third-order valence-corrected chi connectivity index (χ3v) is 7.37. The van der Waals surface area contributed by atoms with Gasteiger partial charge in [-0.15, -0.1) is 0 Å². The Morgan fingerprint density at radius 1 is 1.12 bits per heavy atom. The molecule has 0 saturated carbocycles.